The lowest BCUT2D eigenvalue weighted by Gasteiger charge is -2.13. The molecule has 5 heteroatoms. The molecule has 100 valence electrons. The van der Waals surface area contributed by atoms with Crippen molar-refractivity contribution in [1.29, 1.82) is 0 Å². The average Bonchev–Trinajstić information content (AvgIpc) is 2.89. The molecular weight excluding hydrogens is 240 g/mol. The molecule has 1 amide bonds. The van der Waals surface area contributed by atoms with Gasteiger partial charge in [0, 0.05) is 19.3 Å². The van der Waals surface area contributed by atoms with Crippen LogP contribution in [-0.2, 0) is 6.54 Å². The van der Waals surface area contributed by atoms with Gasteiger partial charge in [-0.05, 0) is 12.5 Å². The second kappa shape index (κ2) is 6.15. The lowest BCUT2D eigenvalue weighted by molar-refractivity contribution is 0.0935. The number of carbonyl (C=O) groups excluding carboxylic acids is 1. The van der Waals surface area contributed by atoms with Crippen LogP contribution in [0.2, 0.25) is 0 Å². The highest BCUT2D eigenvalue weighted by molar-refractivity contribution is 5.92. The molecule has 0 aliphatic heterocycles. The Bertz CT molecular complexity index is 535. The molecule has 19 heavy (non-hydrogen) atoms. The fraction of sp³-hybridized carbons (Fsp3) is 0.286. The molecule has 1 atom stereocenters. The van der Waals surface area contributed by atoms with Crippen molar-refractivity contribution >= 4 is 5.91 Å². The zero-order valence-electron chi connectivity index (χ0n) is 10.9. The standard InChI is InChI=1S/C14H18N4O/c1-11(12-5-3-2-4-6-12)17-14(19)13-9-18(8-7-15)10-16-13/h2-6,9-11H,7-8,15H2,1H3,(H,17,19). The second-order valence-electron chi connectivity index (χ2n) is 4.39. The third-order valence-electron chi connectivity index (χ3n) is 2.90. The molecule has 1 aromatic heterocycles. The molecule has 1 heterocycles. The van der Waals surface area contributed by atoms with Gasteiger partial charge in [-0.1, -0.05) is 30.3 Å². The molecule has 0 fully saturated rings. The summed E-state index contributed by atoms with van der Waals surface area (Å²) in [4.78, 5) is 16.1. The van der Waals surface area contributed by atoms with E-state index in [1.165, 1.54) is 0 Å². The fourth-order valence-electron chi connectivity index (χ4n) is 1.84. The Morgan fingerprint density at radius 2 is 2.16 bits per heavy atom. The molecule has 0 radical (unpaired) electrons. The number of nitrogens with zero attached hydrogens (tertiary/aromatic N) is 2. The maximum absolute atomic E-state index is 12.0. The molecule has 0 spiro atoms. The molecule has 3 N–H and O–H groups in total. The summed E-state index contributed by atoms with van der Waals surface area (Å²) >= 11 is 0. The average molecular weight is 258 g/mol. The first-order valence-electron chi connectivity index (χ1n) is 6.28. The topological polar surface area (TPSA) is 72.9 Å². The number of rotatable bonds is 5. The minimum atomic E-state index is -0.174. The van der Waals surface area contributed by atoms with Gasteiger partial charge in [0.05, 0.1) is 12.4 Å². The molecule has 5 nitrogen and oxygen atoms in total. The number of hydrogen-bond donors (Lipinski definition) is 2. The van der Waals surface area contributed by atoms with Crippen LogP contribution in [0.3, 0.4) is 0 Å². The van der Waals surface area contributed by atoms with Gasteiger partial charge in [0.15, 0.2) is 0 Å². The molecule has 1 aromatic carbocycles. The summed E-state index contributed by atoms with van der Waals surface area (Å²) in [6.45, 7) is 3.14. The van der Waals surface area contributed by atoms with Gasteiger partial charge in [0.1, 0.15) is 5.69 Å². The Kier molecular flexibility index (Phi) is 4.30. The molecule has 2 aromatic rings. The van der Waals surface area contributed by atoms with Crippen molar-refractivity contribution in [2.24, 2.45) is 5.73 Å². The summed E-state index contributed by atoms with van der Waals surface area (Å²) < 4.78 is 1.81. The summed E-state index contributed by atoms with van der Waals surface area (Å²) in [5.41, 5.74) is 6.93. The van der Waals surface area contributed by atoms with Crippen LogP contribution >= 0.6 is 0 Å². The van der Waals surface area contributed by atoms with E-state index in [-0.39, 0.29) is 11.9 Å². The van der Waals surface area contributed by atoms with Gasteiger partial charge in [0.2, 0.25) is 0 Å². The number of benzene rings is 1. The van der Waals surface area contributed by atoms with Crippen LogP contribution in [0, 0.1) is 0 Å². The number of nitrogens with one attached hydrogen (secondary N) is 1. The predicted molar refractivity (Wildman–Crippen MR) is 73.6 cm³/mol. The summed E-state index contributed by atoms with van der Waals surface area (Å²) in [6.07, 6.45) is 3.33. The molecule has 1 unspecified atom stereocenters. The van der Waals surface area contributed by atoms with Crippen molar-refractivity contribution in [1.82, 2.24) is 14.9 Å². The van der Waals surface area contributed by atoms with Crippen LogP contribution in [0.1, 0.15) is 29.0 Å². The number of aromatic nitrogens is 2. The Labute approximate surface area is 112 Å². The van der Waals surface area contributed by atoms with Crippen molar-refractivity contribution in [2.75, 3.05) is 6.54 Å². The van der Waals surface area contributed by atoms with Crippen LogP contribution in [0.25, 0.3) is 0 Å². The first-order chi connectivity index (χ1) is 9.20. The number of amides is 1. The van der Waals surface area contributed by atoms with Crippen molar-refractivity contribution < 1.29 is 4.79 Å². The van der Waals surface area contributed by atoms with Gasteiger partial charge in [-0.25, -0.2) is 4.98 Å². The quantitative estimate of drug-likeness (QED) is 0.849. The highest BCUT2D eigenvalue weighted by Crippen LogP contribution is 2.11. The predicted octanol–water partition coefficient (Wildman–Crippen LogP) is 1.33. The van der Waals surface area contributed by atoms with Crippen molar-refractivity contribution in [2.45, 2.75) is 19.5 Å². The smallest absolute Gasteiger partial charge is 0.271 e. The molecule has 0 bridgehead atoms. The second-order valence-corrected chi connectivity index (χ2v) is 4.39. The summed E-state index contributed by atoms with van der Waals surface area (Å²) in [6, 6.07) is 9.78. The zero-order valence-corrected chi connectivity index (χ0v) is 10.9. The van der Waals surface area contributed by atoms with Gasteiger partial charge in [-0.3, -0.25) is 4.79 Å². The lowest BCUT2D eigenvalue weighted by Crippen LogP contribution is -2.26. The van der Waals surface area contributed by atoms with E-state index in [1.807, 2.05) is 41.8 Å². The highest BCUT2D eigenvalue weighted by Gasteiger charge is 2.13. The van der Waals surface area contributed by atoms with Crippen molar-refractivity contribution in [3.8, 4) is 0 Å². The van der Waals surface area contributed by atoms with Crippen molar-refractivity contribution in [3.63, 3.8) is 0 Å². The van der Waals surface area contributed by atoms with Crippen LogP contribution in [0.4, 0.5) is 0 Å². The van der Waals surface area contributed by atoms with Crippen molar-refractivity contribution in [3.05, 3.63) is 54.1 Å². The first kappa shape index (κ1) is 13.3. The van der Waals surface area contributed by atoms with E-state index < -0.39 is 0 Å². The molecule has 0 saturated heterocycles. The van der Waals surface area contributed by atoms with Crippen LogP contribution in [0.15, 0.2) is 42.9 Å². The van der Waals surface area contributed by atoms with Crippen LogP contribution in [-0.4, -0.2) is 22.0 Å². The maximum Gasteiger partial charge on any atom is 0.271 e. The van der Waals surface area contributed by atoms with E-state index in [9.17, 15) is 4.79 Å². The lowest BCUT2D eigenvalue weighted by atomic mass is 10.1. The van der Waals surface area contributed by atoms with Gasteiger partial charge < -0.3 is 15.6 Å². The van der Waals surface area contributed by atoms with E-state index in [0.29, 0.717) is 18.8 Å². The highest BCUT2D eigenvalue weighted by atomic mass is 16.1. The molecule has 0 aliphatic carbocycles. The minimum Gasteiger partial charge on any atom is -0.344 e. The first-order valence-corrected chi connectivity index (χ1v) is 6.28. The van der Waals surface area contributed by atoms with Gasteiger partial charge in [0.25, 0.3) is 5.91 Å². The monoisotopic (exact) mass is 258 g/mol. The number of carbonyl (C=O) groups is 1. The third-order valence-corrected chi connectivity index (χ3v) is 2.90. The minimum absolute atomic E-state index is 0.0478. The van der Waals surface area contributed by atoms with E-state index in [0.717, 1.165) is 5.56 Å². The van der Waals surface area contributed by atoms with Gasteiger partial charge in [-0.2, -0.15) is 0 Å². The van der Waals surface area contributed by atoms with E-state index in [4.69, 9.17) is 5.73 Å². The number of imidazole rings is 1. The van der Waals surface area contributed by atoms with Gasteiger partial charge in [-0.15, -0.1) is 0 Å². The maximum atomic E-state index is 12.0. The number of hydrogen-bond acceptors (Lipinski definition) is 3. The fourth-order valence-corrected chi connectivity index (χ4v) is 1.84. The van der Waals surface area contributed by atoms with Gasteiger partial charge >= 0.3 is 0 Å². The van der Waals surface area contributed by atoms with E-state index in [2.05, 4.69) is 10.3 Å². The van der Waals surface area contributed by atoms with E-state index >= 15 is 0 Å². The Balaban J connectivity index is 2.00. The Morgan fingerprint density at radius 1 is 1.42 bits per heavy atom. The zero-order chi connectivity index (χ0) is 13.7. The Morgan fingerprint density at radius 3 is 2.84 bits per heavy atom. The number of nitrogens with two attached hydrogens (primary N) is 1. The summed E-state index contributed by atoms with van der Waals surface area (Å²) in [5.74, 6) is -0.174. The SMILES string of the molecule is CC(NC(=O)c1cn(CCN)cn1)c1ccccc1. The summed E-state index contributed by atoms with van der Waals surface area (Å²) in [7, 11) is 0. The molecule has 0 aliphatic rings. The van der Waals surface area contributed by atoms with Crippen LogP contribution < -0.4 is 11.1 Å². The van der Waals surface area contributed by atoms with Crippen LogP contribution in [0.5, 0.6) is 0 Å². The summed E-state index contributed by atoms with van der Waals surface area (Å²) in [5, 5.41) is 2.92. The molecule has 2 rings (SSSR count). The van der Waals surface area contributed by atoms with E-state index in [1.54, 1.807) is 12.5 Å². The third kappa shape index (κ3) is 3.42. The molecular formula is C14H18N4O. The Hall–Kier alpha value is -2.14. The molecule has 0 saturated carbocycles. The normalized spacial score (nSPS) is 12.1. The largest absolute Gasteiger partial charge is 0.344 e.